The largest absolute Gasteiger partial charge is 0.444 e. The van der Waals surface area contributed by atoms with E-state index in [0.717, 1.165) is 24.0 Å². The zero-order valence-electron chi connectivity index (χ0n) is 13.6. The van der Waals surface area contributed by atoms with Crippen LogP contribution in [0, 0.1) is 5.41 Å². The first-order valence-corrected chi connectivity index (χ1v) is 7.66. The minimum Gasteiger partial charge on any atom is -0.444 e. The van der Waals surface area contributed by atoms with Gasteiger partial charge in [0.1, 0.15) is 5.60 Å². The number of hydrogen-bond acceptors (Lipinski definition) is 3. The Balaban J connectivity index is 2.06. The average Bonchev–Trinajstić information content (AvgIpc) is 2.48. The third kappa shape index (κ3) is 4.20. The van der Waals surface area contributed by atoms with E-state index in [1.54, 1.807) is 4.90 Å². The molecule has 1 amide bonds. The second-order valence-electron chi connectivity index (χ2n) is 6.49. The maximum Gasteiger partial charge on any atom is 0.410 e. The van der Waals surface area contributed by atoms with Crippen LogP contribution in [-0.2, 0) is 4.74 Å². The van der Waals surface area contributed by atoms with Crippen LogP contribution in [0.4, 0.5) is 4.79 Å². The zero-order valence-corrected chi connectivity index (χ0v) is 13.6. The summed E-state index contributed by atoms with van der Waals surface area (Å²) in [5.74, 6) is 0. The summed E-state index contributed by atoms with van der Waals surface area (Å²) in [6, 6.07) is 9.98. The number of amides is 1. The van der Waals surface area contributed by atoms with Crippen molar-refractivity contribution in [2.24, 2.45) is 0 Å². The van der Waals surface area contributed by atoms with Crippen molar-refractivity contribution >= 4 is 17.9 Å². The Labute approximate surface area is 132 Å². The number of ether oxygens (including phenoxy) is 1. The van der Waals surface area contributed by atoms with Gasteiger partial charge >= 0.3 is 6.09 Å². The minimum absolute atomic E-state index is 0.248. The molecule has 1 saturated heterocycles. The fourth-order valence-corrected chi connectivity index (χ4v) is 2.56. The van der Waals surface area contributed by atoms with Crippen LogP contribution in [0.15, 0.2) is 35.9 Å². The van der Waals surface area contributed by atoms with E-state index in [4.69, 9.17) is 10.1 Å². The van der Waals surface area contributed by atoms with Crippen LogP contribution in [-0.4, -0.2) is 35.9 Å². The van der Waals surface area contributed by atoms with Gasteiger partial charge in [-0.3, -0.25) is 0 Å². The van der Waals surface area contributed by atoms with Crippen LogP contribution in [0.3, 0.4) is 0 Å². The molecule has 1 aliphatic rings. The number of carbonyl (C=O) groups is 1. The van der Waals surface area contributed by atoms with Gasteiger partial charge in [0.25, 0.3) is 0 Å². The Morgan fingerprint density at radius 1 is 1.18 bits per heavy atom. The van der Waals surface area contributed by atoms with Gasteiger partial charge < -0.3 is 15.0 Å². The fourth-order valence-electron chi connectivity index (χ4n) is 2.56. The lowest BCUT2D eigenvalue weighted by molar-refractivity contribution is 0.0237. The highest BCUT2D eigenvalue weighted by molar-refractivity contribution is 6.09. The lowest BCUT2D eigenvalue weighted by atomic mass is 9.94. The number of carbonyl (C=O) groups excluding carboxylic acids is 1. The lowest BCUT2D eigenvalue weighted by Crippen LogP contribution is -2.40. The van der Waals surface area contributed by atoms with Crippen LogP contribution >= 0.6 is 0 Å². The van der Waals surface area contributed by atoms with Crippen LogP contribution in [0.25, 0.3) is 5.57 Å². The van der Waals surface area contributed by atoms with Crippen molar-refractivity contribution in [3.8, 4) is 0 Å². The van der Waals surface area contributed by atoms with Crippen molar-refractivity contribution in [2.45, 2.75) is 39.2 Å². The standard InChI is InChI=1S/C18H24N2O2/c1-18(2,3)22-17(21)20-11-9-15(10-12-20)16(13-19)14-7-5-4-6-8-14/h4-8,13,19H,9-12H2,1-3H3. The second-order valence-corrected chi connectivity index (χ2v) is 6.49. The Kier molecular flexibility index (Phi) is 5.01. The Morgan fingerprint density at radius 3 is 2.27 bits per heavy atom. The first kappa shape index (κ1) is 16.3. The maximum absolute atomic E-state index is 12.1. The van der Waals surface area contributed by atoms with Gasteiger partial charge in [0.05, 0.1) is 0 Å². The molecule has 22 heavy (non-hydrogen) atoms. The maximum atomic E-state index is 12.1. The molecule has 0 saturated carbocycles. The van der Waals surface area contributed by atoms with Gasteiger partial charge in [0.2, 0.25) is 0 Å². The Bertz CT molecular complexity index is 560. The average molecular weight is 300 g/mol. The number of rotatable bonds is 2. The molecule has 0 spiro atoms. The van der Waals surface area contributed by atoms with E-state index in [2.05, 4.69) is 0 Å². The molecule has 4 nitrogen and oxygen atoms in total. The van der Waals surface area contributed by atoms with Gasteiger partial charge in [-0.05, 0) is 44.7 Å². The molecule has 1 heterocycles. The predicted molar refractivity (Wildman–Crippen MR) is 89.2 cm³/mol. The molecule has 0 aromatic heterocycles. The Morgan fingerprint density at radius 2 is 1.77 bits per heavy atom. The molecule has 2 rings (SSSR count). The number of hydrogen-bond donors (Lipinski definition) is 1. The molecule has 1 fully saturated rings. The van der Waals surface area contributed by atoms with Crippen molar-refractivity contribution in [1.82, 2.24) is 4.90 Å². The van der Waals surface area contributed by atoms with Gasteiger partial charge in [0.15, 0.2) is 0 Å². The molecular weight excluding hydrogens is 276 g/mol. The summed E-state index contributed by atoms with van der Waals surface area (Å²) in [4.78, 5) is 13.8. The first-order valence-electron chi connectivity index (χ1n) is 7.66. The van der Waals surface area contributed by atoms with E-state index in [0.29, 0.717) is 13.1 Å². The van der Waals surface area contributed by atoms with Gasteiger partial charge in [-0.25, -0.2) is 4.79 Å². The van der Waals surface area contributed by atoms with Gasteiger partial charge in [0, 0.05) is 19.3 Å². The van der Waals surface area contributed by atoms with E-state index in [1.165, 1.54) is 11.8 Å². The highest BCUT2D eigenvalue weighted by Crippen LogP contribution is 2.26. The van der Waals surface area contributed by atoms with E-state index < -0.39 is 5.60 Å². The molecule has 0 radical (unpaired) electrons. The van der Waals surface area contributed by atoms with Gasteiger partial charge in [-0.1, -0.05) is 35.9 Å². The summed E-state index contributed by atoms with van der Waals surface area (Å²) in [7, 11) is 0. The molecule has 0 unspecified atom stereocenters. The summed E-state index contributed by atoms with van der Waals surface area (Å²) >= 11 is 0. The molecule has 4 heteroatoms. The van der Waals surface area contributed by atoms with Crippen LogP contribution in [0.5, 0.6) is 0 Å². The summed E-state index contributed by atoms with van der Waals surface area (Å²) in [6.45, 7) is 6.93. The number of nitrogens with one attached hydrogen (secondary N) is 1. The molecule has 0 atom stereocenters. The molecular formula is C18H24N2O2. The van der Waals surface area contributed by atoms with Gasteiger partial charge in [-0.15, -0.1) is 0 Å². The first-order chi connectivity index (χ1) is 10.4. The number of piperidine rings is 1. The molecule has 1 N–H and O–H groups in total. The monoisotopic (exact) mass is 300 g/mol. The third-order valence-electron chi connectivity index (χ3n) is 3.63. The quantitative estimate of drug-likeness (QED) is 0.835. The molecule has 1 aromatic carbocycles. The zero-order chi connectivity index (χ0) is 16.2. The second kappa shape index (κ2) is 6.77. The smallest absolute Gasteiger partial charge is 0.410 e. The Hall–Kier alpha value is -2.10. The molecule has 0 aliphatic carbocycles. The summed E-state index contributed by atoms with van der Waals surface area (Å²) in [5, 5.41) is 7.70. The normalized spacial score (nSPS) is 15.4. The van der Waals surface area contributed by atoms with Crippen LogP contribution < -0.4 is 0 Å². The highest BCUT2D eigenvalue weighted by atomic mass is 16.6. The van der Waals surface area contributed by atoms with Gasteiger partial charge in [-0.2, -0.15) is 0 Å². The SMILES string of the molecule is CC(C)(C)OC(=O)N1CCC(=C(C=N)c2ccccc2)CC1. The van der Waals surface area contributed by atoms with Crippen LogP contribution in [0.1, 0.15) is 39.2 Å². The predicted octanol–water partition coefficient (Wildman–Crippen LogP) is 4.12. The summed E-state index contributed by atoms with van der Waals surface area (Å²) < 4.78 is 5.41. The van der Waals surface area contributed by atoms with E-state index in [1.807, 2.05) is 51.1 Å². The molecule has 118 valence electrons. The van der Waals surface area contributed by atoms with Crippen molar-refractivity contribution in [1.29, 1.82) is 5.41 Å². The van der Waals surface area contributed by atoms with Crippen LogP contribution in [0.2, 0.25) is 0 Å². The third-order valence-corrected chi connectivity index (χ3v) is 3.63. The van der Waals surface area contributed by atoms with Crippen molar-refractivity contribution < 1.29 is 9.53 Å². The van der Waals surface area contributed by atoms with E-state index >= 15 is 0 Å². The molecule has 1 aliphatic heterocycles. The van der Waals surface area contributed by atoms with Crippen molar-refractivity contribution in [3.63, 3.8) is 0 Å². The minimum atomic E-state index is -0.461. The molecule has 0 bridgehead atoms. The highest BCUT2D eigenvalue weighted by Gasteiger charge is 2.25. The number of allylic oxidation sites excluding steroid dienone is 1. The van der Waals surface area contributed by atoms with E-state index in [9.17, 15) is 4.79 Å². The molecule has 1 aromatic rings. The lowest BCUT2D eigenvalue weighted by Gasteiger charge is -2.31. The summed E-state index contributed by atoms with van der Waals surface area (Å²) in [5.41, 5.74) is 2.82. The summed E-state index contributed by atoms with van der Waals surface area (Å²) in [6.07, 6.45) is 2.76. The van der Waals surface area contributed by atoms with Crippen molar-refractivity contribution in [2.75, 3.05) is 13.1 Å². The van der Waals surface area contributed by atoms with E-state index in [-0.39, 0.29) is 6.09 Å². The number of benzene rings is 1. The number of likely N-dealkylation sites (tertiary alicyclic amines) is 1. The topological polar surface area (TPSA) is 53.4 Å². The number of nitrogens with zero attached hydrogens (tertiary/aromatic N) is 1. The fraction of sp³-hybridized carbons (Fsp3) is 0.444. The van der Waals surface area contributed by atoms with Crippen molar-refractivity contribution in [3.05, 3.63) is 41.5 Å².